The molecule has 0 bridgehead atoms. The Hall–Kier alpha value is 21.2. The summed E-state index contributed by atoms with van der Waals surface area (Å²) >= 11 is 0. The van der Waals surface area contributed by atoms with Crippen LogP contribution in [0.5, 0.6) is 0 Å². The molecular weight excluding hydrogens is 1190 g/mol. The van der Waals surface area contributed by atoms with E-state index >= 15 is 0 Å². The van der Waals surface area contributed by atoms with Crippen LogP contribution in [0.1, 0.15) is 0 Å². The molecular formula is Br10K10. The van der Waals surface area contributed by atoms with Crippen molar-refractivity contribution in [3.05, 3.63) is 0 Å². The van der Waals surface area contributed by atoms with E-state index in [1.807, 2.05) is 0 Å². The van der Waals surface area contributed by atoms with Gasteiger partial charge in [-0.25, -0.2) is 0 Å². The predicted octanol–water partition coefficient (Wildman–Crippen LogP) is -59.9. The summed E-state index contributed by atoms with van der Waals surface area (Å²) in [6.07, 6.45) is 0. The molecule has 0 saturated heterocycles. The third-order valence-corrected chi connectivity index (χ3v) is 0. The molecule has 0 heterocycles. The molecule has 0 amide bonds. The second kappa shape index (κ2) is 138. The van der Waals surface area contributed by atoms with Gasteiger partial charge in [-0.2, -0.15) is 0 Å². The van der Waals surface area contributed by atoms with Gasteiger partial charge in [-0.15, -0.1) is 0 Å². The predicted molar refractivity (Wildman–Crippen MR) is 0 cm³/mol. The van der Waals surface area contributed by atoms with E-state index in [0.29, 0.717) is 0 Å². The van der Waals surface area contributed by atoms with Gasteiger partial charge in [0.15, 0.2) is 0 Å². The molecule has 20 heavy (non-hydrogen) atoms. The smallest absolute Gasteiger partial charge is 1.00 e. The van der Waals surface area contributed by atoms with Crippen LogP contribution in [-0.4, -0.2) is 0 Å². The van der Waals surface area contributed by atoms with Gasteiger partial charge in [-0.3, -0.25) is 0 Å². The molecule has 0 spiro atoms. The number of halogens is 10. The van der Waals surface area contributed by atoms with Crippen molar-refractivity contribution >= 4 is 0 Å². The summed E-state index contributed by atoms with van der Waals surface area (Å²) in [5.41, 5.74) is 0. The first kappa shape index (κ1) is 148. The van der Waals surface area contributed by atoms with E-state index in [9.17, 15) is 0 Å². The van der Waals surface area contributed by atoms with Crippen LogP contribution in [0.3, 0.4) is 0 Å². The van der Waals surface area contributed by atoms with E-state index < -0.39 is 0 Å². The summed E-state index contributed by atoms with van der Waals surface area (Å²) in [5, 5.41) is 0. The molecule has 0 aliphatic rings. The van der Waals surface area contributed by atoms with Gasteiger partial charge in [-0.1, -0.05) is 0 Å². The fourth-order valence-electron chi connectivity index (χ4n) is 0. The van der Waals surface area contributed by atoms with E-state index in [1.165, 1.54) is 0 Å². The molecule has 0 nitrogen and oxygen atoms in total. The zero-order valence-electron chi connectivity index (χ0n) is 13.8. The summed E-state index contributed by atoms with van der Waals surface area (Å²) in [4.78, 5) is 0. The largest absolute Gasteiger partial charge is 1.00 e. The maximum Gasteiger partial charge on any atom is 1.00 e. The van der Waals surface area contributed by atoms with E-state index in [-0.39, 0.29) is 684 Å². The third kappa shape index (κ3) is 127. The molecule has 0 fully saturated rings. The Labute approximate surface area is 656 Å². The molecule has 0 unspecified atom stereocenters. The van der Waals surface area contributed by atoms with Crippen molar-refractivity contribution in [1.82, 2.24) is 0 Å². The minimum absolute atomic E-state index is 0. The topological polar surface area (TPSA) is 0 Å². The Morgan fingerprint density at radius 2 is 0.100 bits per heavy atom. The average Bonchev–Trinajstić information content (AvgIpc) is 0. The van der Waals surface area contributed by atoms with Crippen LogP contribution in [0.2, 0.25) is 0 Å². The van der Waals surface area contributed by atoms with Gasteiger partial charge in [0.1, 0.15) is 0 Å². The Balaban J connectivity index is 0. The molecule has 20 heteroatoms. The summed E-state index contributed by atoms with van der Waals surface area (Å²) in [7, 11) is 0. The summed E-state index contributed by atoms with van der Waals surface area (Å²) in [5.74, 6) is 0. The Morgan fingerprint density at radius 1 is 0.100 bits per heavy atom. The minimum atomic E-state index is 0. The van der Waals surface area contributed by atoms with E-state index in [1.54, 1.807) is 0 Å². The Bertz CT molecular complexity index is 20.0. The van der Waals surface area contributed by atoms with Gasteiger partial charge in [0, 0.05) is 0 Å². The molecule has 80 valence electrons. The van der Waals surface area contributed by atoms with Gasteiger partial charge >= 0.3 is 514 Å². The Morgan fingerprint density at radius 3 is 0.100 bits per heavy atom. The van der Waals surface area contributed by atoms with Crippen molar-refractivity contribution in [2.24, 2.45) is 0 Å². The van der Waals surface area contributed by atoms with Crippen molar-refractivity contribution in [3.63, 3.8) is 0 Å². The van der Waals surface area contributed by atoms with Crippen LogP contribution in [0, 0.1) is 0 Å². The van der Waals surface area contributed by atoms with Crippen molar-refractivity contribution in [2.45, 2.75) is 0 Å². The zero-order chi connectivity index (χ0) is 0. The number of hydrogen-bond donors (Lipinski definition) is 0. The van der Waals surface area contributed by atoms with Gasteiger partial charge < -0.3 is 170 Å². The molecule has 0 aromatic heterocycles. The van der Waals surface area contributed by atoms with Crippen LogP contribution >= 0.6 is 0 Å². The Kier molecular flexibility index (Phi) is 1020. The van der Waals surface area contributed by atoms with Gasteiger partial charge in [0.05, 0.1) is 0 Å². The standard InChI is InChI=1S/10BrH.10K/h10*1H;;;;;;;;;;/q;;;;;;;;;;10*+1/p-10. The number of rotatable bonds is 0. The molecule has 0 aromatic rings. The summed E-state index contributed by atoms with van der Waals surface area (Å²) in [6, 6.07) is 0. The van der Waals surface area contributed by atoms with Crippen molar-refractivity contribution in [1.29, 1.82) is 0 Å². The molecule has 0 atom stereocenters. The third-order valence-electron chi connectivity index (χ3n) is 0. The van der Waals surface area contributed by atoms with Crippen LogP contribution in [0.25, 0.3) is 0 Å². The SMILES string of the molecule is [Br-].[Br-].[Br-].[Br-].[Br-].[Br-].[Br-].[Br-].[Br-].[Br-].[K+].[K+].[K+].[K+].[K+].[K+].[K+].[K+].[K+].[K+]. The van der Waals surface area contributed by atoms with Gasteiger partial charge in [0.2, 0.25) is 0 Å². The average molecular weight is 1190 g/mol. The normalized spacial score (nSPS) is 0. The van der Waals surface area contributed by atoms with E-state index in [4.69, 9.17) is 0 Å². The zero-order valence-corrected chi connectivity index (χ0v) is 60.9. The molecule has 0 radical (unpaired) electrons. The summed E-state index contributed by atoms with van der Waals surface area (Å²) in [6.45, 7) is 0. The monoisotopic (exact) mass is 1180 g/mol. The van der Waals surface area contributed by atoms with E-state index in [0.717, 1.165) is 0 Å². The minimum Gasteiger partial charge on any atom is -1.00 e. The second-order valence-electron chi connectivity index (χ2n) is 0. The van der Waals surface area contributed by atoms with Gasteiger partial charge in [0.25, 0.3) is 0 Å². The molecule has 0 N–H and O–H groups in total. The molecule has 0 aliphatic heterocycles. The first-order valence-corrected chi connectivity index (χ1v) is 0. The van der Waals surface area contributed by atoms with Crippen molar-refractivity contribution in [2.75, 3.05) is 0 Å². The molecule has 0 aromatic carbocycles. The maximum absolute atomic E-state index is 0. The quantitative estimate of drug-likeness (QED) is 0.212. The van der Waals surface area contributed by atoms with Crippen LogP contribution in [0.15, 0.2) is 0 Å². The summed E-state index contributed by atoms with van der Waals surface area (Å²) < 4.78 is 0. The second-order valence-corrected chi connectivity index (χ2v) is 0. The first-order chi connectivity index (χ1) is 0. The maximum atomic E-state index is 0. The van der Waals surface area contributed by atoms with Crippen LogP contribution < -0.4 is 684 Å². The fraction of sp³-hybridized carbons (Fsp3) is 0. The van der Waals surface area contributed by atoms with Gasteiger partial charge in [-0.05, 0) is 0 Å². The van der Waals surface area contributed by atoms with E-state index in [2.05, 4.69) is 0 Å². The van der Waals surface area contributed by atoms with Crippen molar-refractivity contribution in [3.8, 4) is 0 Å². The first-order valence-electron chi connectivity index (χ1n) is 0. The van der Waals surface area contributed by atoms with Crippen molar-refractivity contribution < 1.29 is 684 Å². The molecule has 0 saturated carbocycles. The van der Waals surface area contributed by atoms with Crippen LogP contribution in [-0.2, 0) is 0 Å². The number of hydrogen-bond acceptors (Lipinski definition) is 0. The molecule has 0 rings (SSSR count). The van der Waals surface area contributed by atoms with Crippen LogP contribution in [0.4, 0.5) is 0 Å². The molecule has 0 aliphatic carbocycles. The fourth-order valence-corrected chi connectivity index (χ4v) is 0.